The van der Waals surface area contributed by atoms with Crippen molar-refractivity contribution in [3.05, 3.63) is 0 Å². The molecule has 5 atom stereocenters. The summed E-state index contributed by atoms with van der Waals surface area (Å²) in [5.41, 5.74) is 0. The zero-order chi connectivity index (χ0) is 72.8. The third-order valence-corrected chi connectivity index (χ3v) is 20.6. The van der Waals surface area contributed by atoms with Crippen molar-refractivity contribution in [1.29, 1.82) is 0 Å². The Kier molecular flexibility index (Phi) is 70.3. The van der Waals surface area contributed by atoms with E-state index in [1.54, 1.807) is 0 Å². The van der Waals surface area contributed by atoms with Crippen LogP contribution in [0.1, 0.15) is 420 Å². The van der Waals surface area contributed by atoms with Crippen LogP contribution < -0.4 is 0 Å². The first-order chi connectivity index (χ1) is 47.9. The minimum absolute atomic E-state index is 0.105. The molecular formula is C80H156O17P2. The molecule has 0 spiro atoms. The Hall–Kier alpha value is -1.94. The molecule has 3 N–H and O–H groups in total. The van der Waals surface area contributed by atoms with Gasteiger partial charge in [0.05, 0.1) is 26.4 Å². The standard InChI is InChI=1S/C80H156O17P2/c1-7-9-11-13-15-17-19-21-23-25-26-27-28-30-32-34-38-46-52-58-64-79(84)96-75(68-90-77(82)62-56-50-44-37-33-31-29-24-22-20-18-16-14-12-10-8-2)70-94-98(86,87)92-66-74(81)67-93-99(88,89)95-71-76(69-91-78(83)63-57-51-45-41-40-43-49-55-61-73(5)6)97-80(85)65-59-53-47-39-35-36-42-48-54-60-72(3)4/h72-76,81H,7-71H2,1-6H3,(H,86,87)(H,88,89)/t74-,75-,76-/m1/s1. The maximum atomic E-state index is 13.1. The number of hydrogen-bond acceptors (Lipinski definition) is 15. The average Bonchev–Trinajstić information content (AvgIpc) is 0.977. The summed E-state index contributed by atoms with van der Waals surface area (Å²) < 4.78 is 68.7. The number of esters is 4. The topological polar surface area (TPSA) is 237 Å². The van der Waals surface area contributed by atoms with E-state index in [1.165, 1.54) is 238 Å². The monoisotopic (exact) mass is 1450 g/mol. The maximum Gasteiger partial charge on any atom is 0.472 e. The molecule has 0 aromatic rings. The number of carbonyl (C=O) groups is 4. The average molecular weight is 1450 g/mol. The summed E-state index contributed by atoms with van der Waals surface area (Å²) in [7, 11) is -9.92. The lowest BCUT2D eigenvalue weighted by Gasteiger charge is -2.21. The second-order valence-electron chi connectivity index (χ2n) is 29.8. The lowest BCUT2D eigenvalue weighted by molar-refractivity contribution is -0.161. The summed E-state index contributed by atoms with van der Waals surface area (Å²) >= 11 is 0. The first-order valence-corrected chi connectivity index (χ1v) is 44.5. The van der Waals surface area contributed by atoms with E-state index < -0.39 is 97.5 Å². The van der Waals surface area contributed by atoms with Crippen molar-refractivity contribution in [3.8, 4) is 0 Å². The Morgan fingerprint density at radius 2 is 0.465 bits per heavy atom. The molecule has 0 radical (unpaired) electrons. The number of aliphatic hydroxyl groups is 1. The number of rotatable bonds is 79. The van der Waals surface area contributed by atoms with Crippen LogP contribution in [0.2, 0.25) is 0 Å². The quantitative estimate of drug-likeness (QED) is 0.0222. The second kappa shape index (κ2) is 71.7. The van der Waals surface area contributed by atoms with Gasteiger partial charge >= 0.3 is 39.5 Å². The van der Waals surface area contributed by atoms with E-state index in [9.17, 15) is 43.2 Å². The number of carbonyl (C=O) groups excluding carboxylic acids is 4. The number of hydrogen-bond donors (Lipinski definition) is 3. The predicted octanol–water partition coefficient (Wildman–Crippen LogP) is 23.9. The molecule has 0 rings (SSSR count). The maximum absolute atomic E-state index is 13.1. The van der Waals surface area contributed by atoms with Gasteiger partial charge in [-0.25, -0.2) is 9.13 Å². The molecule has 0 aromatic heterocycles. The zero-order valence-electron chi connectivity index (χ0n) is 64.8. The number of ether oxygens (including phenoxy) is 4. The van der Waals surface area contributed by atoms with Gasteiger partial charge in [0.15, 0.2) is 12.2 Å². The Balaban J connectivity index is 5.23. The molecular weight excluding hydrogens is 1290 g/mol. The van der Waals surface area contributed by atoms with E-state index in [2.05, 4.69) is 41.5 Å². The molecule has 0 heterocycles. The van der Waals surface area contributed by atoms with Crippen molar-refractivity contribution in [3.63, 3.8) is 0 Å². The Morgan fingerprint density at radius 3 is 0.687 bits per heavy atom. The summed E-state index contributed by atoms with van der Waals surface area (Å²) in [6.07, 6.45) is 61.2. The number of phosphoric ester groups is 2. The molecule has 0 bridgehead atoms. The highest BCUT2D eigenvalue weighted by Gasteiger charge is 2.30. The number of phosphoric acid groups is 2. The smallest absolute Gasteiger partial charge is 0.462 e. The Bertz CT molecular complexity index is 1910. The summed E-state index contributed by atoms with van der Waals surface area (Å²) in [4.78, 5) is 73.0. The highest BCUT2D eigenvalue weighted by molar-refractivity contribution is 7.47. The normalized spacial score (nSPS) is 13.9. The fourth-order valence-electron chi connectivity index (χ4n) is 12.4. The van der Waals surface area contributed by atoms with Crippen LogP contribution in [0, 0.1) is 11.8 Å². The van der Waals surface area contributed by atoms with Gasteiger partial charge in [-0.05, 0) is 37.5 Å². The lowest BCUT2D eigenvalue weighted by atomic mass is 10.0. The molecule has 17 nitrogen and oxygen atoms in total. The molecule has 0 aliphatic rings. The van der Waals surface area contributed by atoms with Crippen LogP contribution in [-0.2, 0) is 65.4 Å². The summed E-state index contributed by atoms with van der Waals surface area (Å²) in [6, 6.07) is 0. The highest BCUT2D eigenvalue weighted by atomic mass is 31.2. The molecule has 0 aliphatic heterocycles. The molecule has 0 saturated heterocycles. The van der Waals surface area contributed by atoms with E-state index in [4.69, 9.17) is 37.0 Å². The van der Waals surface area contributed by atoms with E-state index in [-0.39, 0.29) is 25.7 Å². The third-order valence-electron chi connectivity index (χ3n) is 18.7. The van der Waals surface area contributed by atoms with Crippen molar-refractivity contribution in [2.75, 3.05) is 39.6 Å². The third kappa shape index (κ3) is 74.1. The van der Waals surface area contributed by atoms with E-state index in [1.807, 2.05) is 0 Å². The van der Waals surface area contributed by atoms with Crippen molar-refractivity contribution in [2.45, 2.75) is 439 Å². The van der Waals surface area contributed by atoms with Crippen LogP contribution in [0.25, 0.3) is 0 Å². The predicted molar refractivity (Wildman–Crippen MR) is 405 cm³/mol. The van der Waals surface area contributed by atoms with Gasteiger partial charge in [-0.1, -0.05) is 369 Å². The van der Waals surface area contributed by atoms with Crippen LogP contribution in [-0.4, -0.2) is 96.7 Å². The second-order valence-corrected chi connectivity index (χ2v) is 32.7. The summed E-state index contributed by atoms with van der Waals surface area (Å²) in [5.74, 6) is -0.649. The first kappa shape index (κ1) is 97.1. The molecule has 0 saturated carbocycles. The minimum atomic E-state index is -4.96. The molecule has 588 valence electrons. The van der Waals surface area contributed by atoms with E-state index in [0.717, 1.165) is 102 Å². The molecule has 2 unspecified atom stereocenters. The fraction of sp³-hybridized carbons (Fsp3) is 0.950. The van der Waals surface area contributed by atoms with Crippen molar-refractivity contribution >= 4 is 39.5 Å². The molecule has 19 heteroatoms. The van der Waals surface area contributed by atoms with Crippen molar-refractivity contribution in [2.24, 2.45) is 11.8 Å². The highest BCUT2D eigenvalue weighted by Crippen LogP contribution is 2.45. The van der Waals surface area contributed by atoms with E-state index in [0.29, 0.717) is 25.7 Å². The minimum Gasteiger partial charge on any atom is -0.462 e. The molecule has 0 fully saturated rings. The summed E-state index contributed by atoms with van der Waals surface area (Å²) in [6.45, 7) is 9.57. The largest absolute Gasteiger partial charge is 0.472 e. The lowest BCUT2D eigenvalue weighted by Crippen LogP contribution is -2.30. The Labute approximate surface area is 607 Å². The fourth-order valence-corrected chi connectivity index (χ4v) is 13.9. The van der Waals surface area contributed by atoms with Crippen molar-refractivity contribution < 1.29 is 80.2 Å². The molecule has 0 aliphatic carbocycles. The van der Waals surface area contributed by atoms with Gasteiger partial charge in [0.2, 0.25) is 0 Å². The van der Waals surface area contributed by atoms with Crippen molar-refractivity contribution in [1.82, 2.24) is 0 Å². The molecule has 0 amide bonds. The molecule has 0 aromatic carbocycles. The SMILES string of the molecule is CCCCCCCCCCCCCCCCCCCCCCC(=O)O[C@H](COC(=O)CCCCCCCCCCCCCCCCCC)COP(=O)(O)OC[C@@H](O)COP(=O)(O)OC[C@@H](COC(=O)CCCCCCCCCCC(C)C)OC(=O)CCCCCCCCCCCC(C)C. The van der Waals surface area contributed by atoms with E-state index >= 15 is 0 Å². The van der Waals surface area contributed by atoms with Gasteiger partial charge in [0.1, 0.15) is 19.3 Å². The summed E-state index contributed by atoms with van der Waals surface area (Å²) in [5, 5.41) is 10.6. The van der Waals surface area contributed by atoms with Crippen LogP contribution in [0.5, 0.6) is 0 Å². The van der Waals surface area contributed by atoms with Gasteiger partial charge in [-0.15, -0.1) is 0 Å². The van der Waals surface area contributed by atoms with Crippen LogP contribution in [0.3, 0.4) is 0 Å². The van der Waals surface area contributed by atoms with Gasteiger partial charge in [-0.2, -0.15) is 0 Å². The number of aliphatic hydroxyl groups excluding tert-OH is 1. The molecule has 99 heavy (non-hydrogen) atoms. The van der Waals surface area contributed by atoms with Crippen LogP contribution in [0.4, 0.5) is 0 Å². The van der Waals surface area contributed by atoms with Gasteiger partial charge < -0.3 is 33.8 Å². The van der Waals surface area contributed by atoms with Gasteiger partial charge in [-0.3, -0.25) is 37.3 Å². The van der Waals surface area contributed by atoms with Crippen LogP contribution in [0.15, 0.2) is 0 Å². The van der Waals surface area contributed by atoms with Gasteiger partial charge in [0, 0.05) is 25.7 Å². The first-order valence-electron chi connectivity index (χ1n) is 41.5. The zero-order valence-corrected chi connectivity index (χ0v) is 66.6. The Morgan fingerprint density at radius 1 is 0.273 bits per heavy atom. The van der Waals surface area contributed by atoms with Crippen LogP contribution >= 0.6 is 15.6 Å². The number of unbranched alkanes of at least 4 members (excludes halogenated alkanes) is 49. The van der Waals surface area contributed by atoms with Gasteiger partial charge in [0.25, 0.3) is 0 Å².